The number of nitrogens with zero attached hydrogens (tertiary/aromatic N) is 2. The van der Waals surface area contributed by atoms with Crippen LogP contribution in [0.2, 0.25) is 0 Å². The van der Waals surface area contributed by atoms with Gasteiger partial charge in [0.15, 0.2) is 0 Å². The average Bonchev–Trinajstić information content (AvgIpc) is 2.96. The number of hydrogen-bond acceptors (Lipinski definition) is 6. The summed E-state index contributed by atoms with van der Waals surface area (Å²) in [5.74, 6) is -2.82. The number of nitriles is 2. The Hall–Kier alpha value is -5.60. The lowest BCUT2D eigenvalue weighted by atomic mass is 10.0. The summed E-state index contributed by atoms with van der Waals surface area (Å²) < 4.78 is 37.9. The van der Waals surface area contributed by atoms with Crippen molar-refractivity contribution in [3.63, 3.8) is 0 Å². The summed E-state index contributed by atoms with van der Waals surface area (Å²) in [6.07, 6.45) is 2.58. The van der Waals surface area contributed by atoms with Gasteiger partial charge in [0.2, 0.25) is 0 Å². The predicted molar refractivity (Wildman–Crippen MR) is 142 cm³/mol. The Balaban J connectivity index is 1.34. The molecule has 196 valence electrons. The molecule has 0 aliphatic rings. The van der Waals surface area contributed by atoms with Crippen molar-refractivity contribution >= 4 is 17.5 Å². The fourth-order valence-corrected chi connectivity index (χ4v) is 3.67. The van der Waals surface area contributed by atoms with Crippen LogP contribution < -0.4 is 9.47 Å². The van der Waals surface area contributed by atoms with Gasteiger partial charge in [-0.05, 0) is 78.6 Å². The third-order valence-corrected chi connectivity index (χ3v) is 5.95. The quantitative estimate of drug-likeness (QED) is 0.191. The van der Waals surface area contributed by atoms with Gasteiger partial charge in [0.05, 0.1) is 22.3 Å². The van der Waals surface area contributed by atoms with Crippen LogP contribution >= 0.6 is 0 Å². The lowest BCUT2D eigenvalue weighted by Crippen LogP contribution is -2.08. The number of benzene rings is 4. The largest absolute Gasteiger partial charge is 0.423 e. The maximum Gasteiger partial charge on any atom is 0.343 e. The zero-order valence-electron chi connectivity index (χ0n) is 21.2. The molecule has 0 amide bonds. The summed E-state index contributed by atoms with van der Waals surface area (Å²) in [7, 11) is 0. The van der Waals surface area contributed by atoms with E-state index in [0.717, 1.165) is 28.8 Å². The topological polar surface area (TPSA) is 100 Å². The van der Waals surface area contributed by atoms with Crippen molar-refractivity contribution in [2.75, 3.05) is 0 Å². The van der Waals surface area contributed by atoms with E-state index in [1.54, 1.807) is 60.7 Å². The zero-order valence-corrected chi connectivity index (χ0v) is 21.2. The van der Waals surface area contributed by atoms with Crippen LogP contribution in [0.5, 0.6) is 11.5 Å². The van der Waals surface area contributed by atoms with Gasteiger partial charge in [0.1, 0.15) is 35.3 Å². The van der Waals surface area contributed by atoms with Crippen LogP contribution in [0.1, 0.15) is 49.9 Å². The van der Waals surface area contributed by atoms with E-state index in [2.05, 4.69) is 0 Å². The molecule has 0 N–H and O–H groups in total. The van der Waals surface area contributed by atoms with E-state index >= 15 is 0 Å². The van der Waals surface area contributed by atoms with Gasteiger partial charge in [0, 0.05) is 12.1 Å². The summed E-state index contributed by atoms with van der Waals surface area (Å²) in [6, 6.07) is 24.1. The van der Waals surface area contributed by atoms with Crippen LogP contribution in [0.25, 0.3) is 5.57 Å². The molecule has 0 saturated heterocycles. The highest BCUT2D eigenvalue weighted by atomic mass is 19.1. The Morgan fingerprint density at radius 1 is 0.700 bits per heavy atom. The number of rotatable bonds is 7. The average molecular weight is 535 g/mol. The fourth-order valence-electron chi connectivity index (χ4n) is 3.67. The molecule has 0 aliphatic heterocycles. The number of carbonyl (C=O) groups excluding carboxylic acids is 2. The summed E-state index contributed by atoms with van der Waals surface area (Å²) in [5, 5.41) is 17.6. The molecule has 4 aromatic rings. The smallest absolute Gasteiger partial charge is 0.343 e. The van der Waals surface area contributed by atoms with Crippen molar-refractivity contribution in [3.8, 4) is 23.6 Å². The predicted octanol–water partition coefficient (Wildman–Crippen LogP) is 6.79. The van der Waals surface area contributed by atoms with E-state index < -0.39 is 23.6 Å². The highest BCUT2D eigenvalue weighted by Gasteiger charge is 2.12. The number of hydrogen-bond donors (Lipinski definition) is 0. The molecule has 0 radical (unpaired) electrons. The molecule has 0 aromatic heterocycles. The van der Waals surface area contributed by atoms with Crippen LogP contribution in [0.4, 0.5) is 8.78 Å². The van der Waals surface area contributed by atoms with Crippen LogP contribution in [-0.4, -0.2) is 11.9 Å². The number of ether oxygens (including phenoxy) is 2. The maximum absolute atomic E-state index is 13.7. The molecule has 0 heterocycles. The summed E-state index contributed by atoms with van der Waals surface area (Å²) >= 11 is 0. The molecule has 0 unspecified atom stereocenters. The molecule has 4 rings (SSSR count). The van der Waals surface area contributed by atoms with Gasteiger partial charge in [-0.2, -0.15) is 10.5 Å². The highest BCUT2D eigenvalue weighted by Crippen LogP contribution is 2.21. The van der Waals surface area contributed by atoms with Crippen molar-refractivity contribution in [2.45, 2.75) is 13.3 Å². The first-order chi connectivity index (χ1) is 19.3. The molecule has 0 saturated carbocycles. The molecular formula is C32H20F2N2O4. The first-order valence-electron chi connectivity index (χ1n) is 12.0. The van der Waals surface area contributed by atoms with E-state index in [-0.39, 0.29) is 28.2 Å². The van der Waals surface area contributed by atoms with Gasteiger partial charge in [-0.25, -0.2) is 18.4 Å². The Labute approximate surface area is 228 Å². The van der Waals surface area contributed by atoms with Crippen molar-refractivity contribution in [3.05, 3.63) is 136 Å². The van der Waals surface area contributed by atoms with Crippen molar-refractivity contribution in [1.82, 2.24) is 0 Å². The Morgan fingerprint density at radius 2 is 1.12 bits per heavy atom. The minimum absolute atomic E-state index is 0.00378. The van der Waals surface area contributed by atoms with Crippen LogP contribution in [0.3, 0.4) is 0 Å². The monoisotopic (exact) mass is 534 g/mol. The van der Waals surface area contributed by atoms with Crippen molar-refractivity contribution in [2.24, 2.45) is 0 Å². The van der Waals surface area contributed by atoms with Crippen LogP contribution in [-0.2, 0) is 6.42 Å². The van der Waals surface area contributed by atoms with Crippen LogP contribution in [0.15, 0.2) is 91.0 Å². The van der Waals surface area contributed by atoms with E-state index in [1.165, 1.54) is 24.3 Å². The highest BCUT2D eigenvalue weighted by molar-refractivity contribution is 5.92. The van der Waals surface area contributed by atoms with Gasteiger partial charge in [-0.15, -0.1) is 0 Å². The summed E-state index contributed by atoms with van der Waals surface area (Å²) in [5.41, 5.74) is 3.09. The molecule has 0 fully saturated rings. The van der Waals surface area contributed by atoms with Gasteiger partial charge < -0.3 is 9.47 Å². The molecular weight excluding hydrogens is 514 g/mol. The Kier molecular flexibility index (Phi) is 8.43. The maximum atomic E-state index is 13.7. The molecule has 0 aliphatic carbocycles. The standard InChI is InChI=1S/C32H20F2N2O4/c1-20(22-8-10-24(11-9-22)32(38)40-28-15-13-26(19-36)30(34)17-28)2-3-21-4-6-23(7-5-21)31(37)39-27-14-12-25(18-35)29(33)16-27/h2,4-17H,3H2,1H3/b20-2+. The van der Waals surface area contributed by atoms with Gasteiger partial charge in [-0.1, -0.05) is 30.3 Å². The fraction of sp³-hybridized carbons (Fsp3) is 0.0625. The molecule has 0 bridgehead atoms. The van der Waals surface area contributed by atoms with Crippen molar-refractivity contribution in [1.29, 1.82) is 10.5 Å². The Morgan fingerprint density at radius 3 is 1.55 bits per heavy atom. The van der Waals surface area contributed by atoms with E-state index in [0.29, 0.717) is 12.0 Å². The molecule has 8 heteroatoms. The van der Waals surface area contributed by atoms with E-state index in [9.17, 15) is 18.4 Å². The molecule has 6 nitrogen and oxygen atoms in total. The normalized spacial score (nSPS) is 10.8. The number of allylic oxidation sites excluding steroid dienone is 2. The van der Waals surface area contributed by atoms with E-state index in [4.69, 9.17) is 20.0 Å². The van der Waals surface area contributed by atoms with Crippen LogP contribution in [0, 0.1) is 34.3 Å². The molecule has 40 heavy (non-hydrogen) atoms. The van der Waals surface area contributed by atoms with Gasteiger partial charge in [-0.3, -0.25) is 0 Å². The van der Waals surface area contributed by atoms with Gasteiger partial charge >= 0.3 is 11.9 Å². The zero-order chi connectivity index (χ0) is 28.6. The van der Waals surface area contributed by atoms with Gasteiger partial charge in [0.25, 0.3) is 0 Å². The first-order valence-corrected chi connectivity index (χ1v) is 12.0. The second-order valence-corrected chi connectivity index (χ2v) is 8.65. The minimum Gasteiger partial charge on any atom is -0.423 e. The number of halogens is 2. The molecule has 0 atom stereocenters. The SMILES string of the molecule is C/C(=C\Cc1ccc(C(=O)Oc2ccc(C#N)c(F)c2)cc1)c1ccc(C(=O)Oc2ccc(C#N)c(F)c2)cc1. The lowest BCUT2D eigenvalue weighted by molar-refractivity contribution is 0.0724. The third kappa shape index (κ3) is 6.63. The summed E-state index contributed by atoms with van der Waals surface area (Å²) in [6.45, 7) is 1.93. The molecule has 4 aromatic carbocycles. The Bertz CT molecular complexity index is 1700. The molecule has 0 spiro atoms. The van der Waals surface area contributed by atoms with E-state index in [1.807, 2.05) is 13.0 Å². The minimum atomic E-state index is -0.765. The second kappa shape index (κ2) is 12.3. The second-order valence-electron chi connectivity index (χ2n) is 8.65. The number of carbonyl (C=O) groups is 2. The summed E-state index contributed by atoms with van der Waals surface area (Å²) in [4.78, 5) is 24.8. The van der Waals surface area contributed by atoms with Crippen molar-refractivity contribution < 1.29 is 27.8 Å². The number of esters is 2. The first kappa shape index (κ1) is 27.4. The lowest BCUT2D eigenvalue weighted by Gasteiger charge is -2.07. The third-order valence-electron chi connectivity index (χ3n) is 5.95.